The van der Waals surface area contributed by atoms with Crippen LogP contribution in [0.3, 0.4) is 0 Å². The average Bonchev–Trinajstić information content (AvgIpc) is 2.23. The molecular formula is C13H17NO. The second-order valence-corrected chi connectivity index (χ2v) is 4.55. The Balaban J connectivity index is 2.44. The number of carbonyl (C=O) groups excluding carboxylic acids is 1. The number of nitrogen functional groups attached to an aromatic ring is 1. The molecule has 1 atom stereocenters. The van der Waals surface area contributed by atoms with E-state index in [9.17, 15) is 4.79 Å². The maximum absolute atomic E-state index is 12.0. The molecule has 0 bridgehead atoms. The summed E-state index contributed by atoms with van der Waals surface area (Å²) in [5.74, 6) is 0.339. The molecule has 2 rings (SSSR count). The molecule has 0 saturated heterocycles. The van der Waals surface area contributed by atoms with Gasteiger partial charge < -0.3 is 5.73 Å². The van der Waals surface area contributed by atoms with Crippen molar-refractivity contribution in [1.29, 1.82) is 0 Å². The zero-order valence-corrected chi connectivity index (χ0v) is 9.12. The van der Waals surface area contributed by atoms with Crippen molar-refractivity contribution in [2.45, 2.75) is 38.0 Å². The van der Waals surface area contributed by atoms with Crippen LogP contribution in [0, 0.1) is 0 Å². The van der Waals surface area contributed by atoms with Crippen molar-refractivity contribution in [1.82, 2.24) is 0 Å². The van der Waals surface area contributed by atoms with Gasteiger partial charge in [0.15, 0.2) is 0 Å². The SMILES string of the molecule is C[C@]1(c2ccccc2N)CCCCC1=O. The lowest BCUT2D eigenvalue weighted by atomic mass is 9.69. The predicted octanol–water partition coefficient (Wildman–Crippen LogP) is 2.67. The Kier molecular flexibility index (Phi) is 2.51. The van der Waals surface area contributed by atoms with E-state index in [0.29, 0.717) is 12.2 Å². The fourth-order valence-electron chi connectivity index (χ4n) is 2.46. The van der Waals surface area contributed by atoms with Crippen LogP contribution in [0.4, 0.5) is 5.69 Å². The standard InChI is InChI=1S/C13H17NO/c1-13(9-5-4-8-12(13)15)10-6-2-3-7-11(10)14/h2-3,6-7H,4-5,8-9,14H2,1H3/t13-/m1/s1. The van der Waals surface area contributed by atoms with Crippen molar-refractivity contribution in [2.24, 2.45) is 0 Å². The van der Waals surface area contributed by atoms with E-state index in [2.05, 4.69) is 0 Å². The van der Waals surface area contributed by atoms with Crippen LogP contribution in [0.1, 0.15) is 38.2 Å². The number of para-hydroxylation sites is 1. The number of carbonyl (C=O) groups is 1. The summed E-state index contributed by atoms with van der Waals surface area (Å²) in [5.41, 5.74) is 7.36. The van der Waals surface area contributed by atoms with Gasteiger partial charge in [0.25, 0.3) is 0 Å². The third kappa shape index (κ3) is 1.65. The molecule has 0 aliphatic heterocycles. The summed E-state index contributed by atoms with van der Waals surface area (Å²) < 4.78 is 0. The molecule has 0 heterocycles. The Bertz CT molecular complexity index is 386. The van der Waals surface area contributed by atoms with Gasteiger partial charge in [-0.15, -0.1) is 0 Å². The van der Waals surface area contributed by atoms with Crippen molar-refractivity contribution in [3.8, 4) is 0 Å². The fraction of sp³-hybridized carbons (Fsp3) is 0.462. The van der Waals surface area contributed by atoms with Crippen LogP contribution in [-0.2, 0) is 10.2 Å². The summed E-state index contributed by atoms with van der Waals surface area (Å²) in [7, 11) is 0. The third-order valence-corrected chi connectivity index (χ3v) is 3.50. The van der Waals surface area contributed by atoms with Crippen molar-refractivity contribution < 1.29 is 4.79 Å². The summed E-state index contributed by atoms with van der Waals surface area (Å²) in [5, 5.41) is 0. The first-order valence-corrected chi connectivity index (χ1v) is 5.53. The highest BCUT2D eigenvalue weighted by Crippen LogP contribution is 2.38. The molecule has 1 aliphatic rings. The summed E-state index contributed by atoms with van der Waals surface area (Å²) in [4.78, 5) is 12.0. The second kappa shape index (κ2) is 3.69. The Hall–Kier alpha value is -1.31. The van der Waals surface area contributed by atoms with Gasteiger partial charge in [-0.3, -0.25) is 4.79 Å². The smallest absolute Gasteiger partial charge is 0.143 e. The third-order valence-electron chi connectivity index (χ3n) is 3.50. The number of benzene rings is 1. The molecule has 0 aromatic heterocycles. The van der Waals surface area contributed by atoms with E-state index in [4.69, 9.17) is 5.73 Å². The van der Waals surface area contributed by atoms with Gasteiger partial charge in [-0.05, 0) is 31.4 Å². The fourth-order valence-corrected chi connectivity index (χ4v) is 2.46. The first-order chi connectivity index (χ1) is 7.14. The van der Waals surface area contributed by atoms with Gasteiger partial charge >= 0.3 is 0 Å². The number of ketones is 1. The van der Waals surface area contributed by atoms with Gasteiger partial charge in [0.1, 0.15) is 5.78 Å². The summed E-state index contributed by atoms with van der Waals surface area (Å²) in [6.07, 6.45) is 3.78. The van der Waals surface area contributed by atoms with E-state index in [1.54, 1.807) is 0 Å². The lowest BCUT2D eigenvalue weighted by molar-refractivity contribution is -0.125. The lowest BCUT2D eigenvalue weighted by Crippen LogP contribution is -2.36. The van der Waals surface area contributed by atoms with E-state index in [-0.39, 0.29) is 5.41 Å². The van der Waals surface area contributed by atoms with Crippen LogP contribution in [0.25, 0.3) is 0 Å². The predicted molar refractivity (Wildman–Crippen MR) is 61.7 cm³/mol. The minimum Gasteiger partial charge on any atom is -0.398 e. The normalized spacial score (nSPS) is 26.6. The topological polar surface area (TPSA) is 43.1 Å². The van der Waals surface area contributed by atoms with Gasteiger partial charge in [0, 0.05) is 12.1 Å². The van der Waals surface area contributed by atoms with E-state index in [1.165, 1.54) is 0 Å². The van der Waals surface area contributed by atoms with Gasteiger partial charge in [-0.1, -0.05) is 24.6 Å². The number of anilines is 1. The zero-order chi connectivity index (χ0) is 10.9. The maximum Gasteiger partial charge on any atom is 0.143 e. The molecule has 15 heavy (non-hydrogen) atoms. The van der Waals surface area contributed by atoms with Gasteiger partial charge in [0.2, 0.25) is 0 Å². The van der Waals surface area contributed by atoms with E-state index < -0.39 is 0 Å². The lowest BCUT2D eigenvalue weighted by Gasteiger charge is -2.33. The molecule has 0 unspecified atom stereocenters. The first-order valence-electron chi connectivity index (χ1n) is 5.53. The highest BCUT2D eigenvalue weighted by atomic mass is 16.1. The highest BCUT2D eigenvalue weighted by Gasteiger charge is 2.37. The molecule has 1 aromatic rings. The monoisotopic (exact) mass is 203 g/mol. The zero-order valence-electron chi connectivity index (χ0n) is 9.12. The maximum atomic E-state index is 12.0. The Morgan fingerprint density at radius 2 is 2.00 bits per heavy atom. The quantitative estimate of drug-likeness (QED) is 0.713. The van der Waals surface area contributed by atoms with Crippen LogP contribution in [0.15, 0.2) is 24.3 Å². The van der Waals surface area contributed by atoms with Gasteiger partial charge in [0.05, 0.1) is 5.41 Å². The molecule has 0 radical (unpaired) electrons. The Labute approximate surface area is 90.5 Å². The first kappa shape index (κ1) is 10.2. The van der Waals surface area contributed by atoms with Crippen LogP contribution < -0.4 is 5.73 Å². The molecule has 0 amide bonds. The molecule has 2 nitrogen and oxygen atoms in total. The summed E-state index contributed by atoms with van der Waals surface area (Å²) in [6.45, 7) is 2.03. The molecule has 1 fully saturated rings. The van der Waals surface area contributed by atoms with E-state index in [0.717, 1.165) is 30.5 Å². The molecule has 0 spiro atoms. The van der Waals surface area contributed by atoms with Crippen LogP contribution in [-0.4, -0.2) is 5.78 Å². The molecule has 1 aromatic carbocycles. The largest absolute Gasteiger partial charge is 0.398 e. The average molecular weight is 203 g/mol. The molecule has 2 N–H and O–H groups in total. The number of rotatable bonds is 1. The van der Waals surface area contributed by atoms with E-state index in [1.807, 2.05) is 31.2 Å². The van der Waals surface area contributed by atoms with Crippen LogP contribution in [0.2, 0.25) is 0 Å². The van der Waals surface area contributed by atoms with Crippen LogP contribution in [0.5, 0.6) is 0 Å². The highest BCUT2D eigenvalue weighted by molar-refractivity contribution is 5.91. The molecule has 80 valence electrons. The minimum absolute atomic E-state index is 0.339. The molecule has 1 aliphatic carbocycles. The van der Waals surface area contributed by atoms with Crippen molar-refractivity contribution in [2.75, 3.05) is 5.73 Å². The second-order valence-electron chi connectivity index (χ2n) is 4.55. The van der Waals surface area contributed by atoms with Crippen molar-refractivity contribution in [3.63, 3.8) is 0 Å². The van der Waals surface area contributed by atoms with Crippen molar-refractivity contribution >= 4 is 11.5 Å². The summed E-state index contributed by atoms with van der Waals surface area (Å²) in [6, 6.07) is 7.73. The number of nitrogens with two attached hydrogens (primary N) is 1. The number of hydrogen-bond acceptors (Lipinski definition) is 2. The number of Topliss-reactive ketones (excluding diaryl/α,β-unsaturated/α-hetero) is 1. The number of hydrogen-bond donors (Lipinski definition) is 1. The summed E-state index contributed by atoms with van der Waals surface area (Å²) >= 11 is 0. The molecule has 1 saturated carbocycles. The van der Waals surface area contributed by atoms with E-state index >= 15 is 0 Å². The van der Waals surface area contributed by atoms with Gasteiger partial charge in [-0.25, -0.2) is 0 Å². The van der Waals surface area contributed by atoms with Crippen molar-refractivity contribution in [3.05, 3.63) is 29.8 Å². The minimum atomic E-state index is -0.344. The Morgan fingerprint density at radius 3 is 2.67 bits per heavy atom. The molecular weight excluding hydrogens is 186 g/mol. The Morgan fingerprint density at radius 1 is 1.27 bits per heavy atom. The van der Waals surface area contributed by atoms with Crippen LogP contribution >= 0.6 is 0 Å². The van der Waals surface area contributed by atoms with Gasteiger partial charge in [-0.2, -0.15) is 0 Å². The molecule has 2 heteroatoms.